The van der Waals surface area contributed by atoms with Gasteiger partial charge in [-0.15, -0.1) is 0 Å². The highest BCUT2D eigenvalue weighted by Gasteiger charge is 2.19. The van der Waals surface area contributed by atoms with Gasteiger partial charge in [0.05, 0.1) is 11.4 Å². The number of benzene rings is 1. The van der Waals surface area contributed by atoms with Crippen LogP contribution < -0.4 is 0 Å². The fourth-order valence-corrected chi connectivity index (χ4v) is 3.44. The number of likely N-dealkylation sites (N-methyl/N-ethyl adjacent to an activating group) is 1. The van der Waals surface area contributed by atoms with Crippen molar-refractivity contribution in [3.05, 3.63) is 42.1 Å². The molecule has 0 radical (unpaired) electrons. The number of rotatable bonds is 4. The van der Waals surface area contributed by atoms with Gasteiger partial charge < -0.3 is 9.80 Å². The lowest BCUT2D eigenvalue weighted by Crippen LogP contribution is -2.47. The minimum absolute atomic E-state index is 0.166. The van der Waals surface area contributed by atoms with Crippen LogP contribution in [0.25, 0.3) is 11.3 Å². The first-order valence-electron chi connectivity index (χ1n) is 8.12. The molecule has 1 saturated heterocycles. The second kappa shape index (κ2) is 7.77. The summed E-state index contributed by atoms with van der Waals surface area (Å²) >= 11 is 1.42. The van der Waals surface area contributed by atoms with Gasteiger partial charge in [-0.1, -0.05) is 42.1 Å². The van der Waals surface area contributed by atoms with Gasteiger partial charge >= 0.3 is 0 Å². The van der Waals surface area contributed by atoms with Crippen molar-refractivity contribution in [1.29, 1.82) is 0 Å². The fraction of sp³-hybridized carbons (Fsp3) is 0.389. The number of hydrogen-bond donors (Lipinski definition) is 0. The molecule has 0 saturated carbocycles. The molecule has 2 heterocycles. The highest BCUT2D eigenvalue weighted by Crippen LogP contribution is 2.22. The Bertz CT molecular complexity index is 699. The molecular formula is C18H22N4OS. The number of piperazine rings is 1. The zero-order valence-electron chi connectivity index (χ0n) is 14.1. The quantitative estimate of drug-likeness (QED) is 0.630. The molecule has 0 aliphatic carbocycles. The Kier molecular flexibility index (Phi) is 5.48. The molecule has 1 aliphatic heterocycles. The molecule has 1 aromatic carbocycles. The van der Waals surface area contributed by atoms with Crippen LogP contribution in [0, 0.1) is 6.92 Å². The van der Waals surface area contributed by atoms with Crippen LogP contribution >= 0.6 is 11.8 Å². The van der Waals surface area contributed by atoms with Crippen LogP contribution in [0.15, 0.2) is 41.6 Å². The monoisotopic (exact) mass is 342 g/mol. The molecule has 1 aliphatic rings. The zero-order valence-corrected chi connectivity index (χ0v) is 14.9. The van der Waals surface area contributed by atoms with Crippen LogP contribution in [0.5, 0.6) is 0 Å². The number of carbonyl (C=O) groups is 1. The van der Waals surface area contributed by atoms with Crippen LogP contribution in [-0.4, -0.2) is 64.7 Å². The number of hydrogen-bond acceptors (Lipinski definition) is 5. The van der Waals surface area contributed by atoms with E-state index in [0.717, 1.165) is 43.1 Å². The molecule has 6 heteroatoms. The van der Waals surface area contributed by atoms with Gasteiger partial charge in [0.15, 0.2) is 5.16 Å². The van der Waals surface area contributed by atoms with E-state index in [1.54, 1.807) is 0 Å². The van der Waals surface area contributed by atoms with Crippen molar-refractivity contribution in [3.8, 4) is 11.3 Å². The number of nitrogens with zero attached hydrogens (tertiary/aromatic N) is 4. The molecule has 3 rings (SSSR count). The van der Waals surface area contributed by atoms with Crippen molar-refractivity contribution in [3.63, 3.8) is 0 Å². The largest absolute Gasteiger partial charge is 0.339 e. The smallest absolute Gasteiger partial charge is 0.233 e. The first kappa shape index (κ1) is 16.9. The van der Waals surface area contributed by atoms with Crippen LogP contribution in [-0.2, 0) is 4.79 Å². The van der Waals surface area contributed by atoms with Gasteiger partial charge in [0, 0.05) is 37.4 Å². The summed E-state index contributed by atoms with van der Waals surface area (Å²) in [6.07, 6.45) is 0. The molecule has 0 N–H and O–H groups in total. The molecule has 1 fully saturated rings. The van der Waals surface area contributed by atoms with E-state index in [0.29, 0.717) is 10.9 Å². The van der Waals surface area contributed by atoms with Crippen LogP contribution in [0.1, 0.15) is 5.69 Å². The number of carbonyl (C=O) groups excluding carboxylic acids is 1. The second-order valence-electron chi connectivity index (χ2n) is 6.02. The molecule has 1 aromatic heterocycles. The lowest BCUT2D eigenvalue weighted by Gasteiger charge is -2.32. The molecule has 0 bridgehead atoms. The van der Waals surface area contributed by atoms with Gasteiger partial charge in [-0.05, 0) is 20.0 Å². The maximum atomic E-state index is 12.3. The Morgan fingerprint density at radius 2 is 1.83 bits per heavy atom. The van der Waals surface area contributed by atoms with E-state index in [1.165, 1.54) is 11.8 Å². The molecule has 1 amide bonds. The van der Waals surface area contributed by atoms with Crippen molar-refractivity contribution in [2.45, 2.75) is 12.1 Å². The van der Waals surface area contributed by atoms with E-state index >= 15 is 0 Å². The van der Waals surface area contributed by atoms with Crippen LogP contribution in [0.3, 0.4) is 0 Å². The summed E-state index contributed by atoms with van der Waals surface area (Å²) < 4.78 is 0. The third-order valence-corrected chi connectivity index (χ3v) is 4.92. The lowest BCUT2D eigenvalue weighted by molar-refractivity contribution is -0.129. The molecule has 2 aromatic rings. The maximum Gasteiger partial charge on any atom is 0.233 e. The van der Waals surface area contributed by atoms with Crippen LogP contribution in [0.4, 0.5) is 0 Å². The van der Waals surface area contributed by atoms with Gasteiger partial charge in [-0.25, -0.2) is 9.97 Å². The second-order valence-corrected chi connectivity index (χ2v) is 6.96. The zero-order chi connectivity index (χ0) is 16.9. The average molecular weight is 342 g/mol. The Balaban J connectivity index is 1.65. The summed E-state index contributed by atoms with van der Waals surface area (Å²) in [5.41, 5.74) is 2.88. The number of thioether (sulfide) groups is 1. The van der Waals surface area contributed by atoms with Gasteiger partial charge in [-0.2, -0.15) is 0 Å². The molecule has 126 valence electrons. The van der Waals surface area contributed by atoms with E-state index in [4.69, 9.17) is 0 Å². The fourth-order valence-electron chi connectivity index (χ4n) is 2.64. The van der Waals surface area contributed by atoms with Crippen molar-refractivity contribution in [2.24, 2.45) is 0 Å². The van der Waals surface area contributed by atoms with Crippen molar-refractivity contribution >= 4 is 17.7 Å². The summed E-state index contributed by atoms with van der Waals surface area (Å²) in [5.74, 6) is 0.556. The summed E-state index contributed by atoms with van der Waals surface area (Å²) in [6, 6.07) is 12.0. The SMILES string of the molecule is Cc1cc(-c2ccccc2)nc(SCC(=O)N2CCN(C)CC2)n1. The summed E-state index contributed by atoms with van der Waals surface area (Å²) in [7, 11) is 2.09. The predicted octanol–water partition coefficient (Wildman–Crippen LogP) is 2.32. The Morgan fingerprint density at radius 1 is 1.12 bits per heavy atom. The molecule has 0 spiro atoms. The van der Waals surface area contributed by atoms with Gasteiger partial charge in [0.1, 0.15) is 0 Å². The normalized spacial score (nSPS) is 15.5. The number of aromatic nitrogens is 2. The Labute approximate surface area is 147 Å². The Morgan fingerprint density at radius 3 is 2.54 bits per heavy atom. The first-order valence-corrected chi connectivity index (χ1v) is 9.10. The molecule has 24 heavy (non-hydrogen) atoms. The predicted molar refractivity (Wildman–Crippen MR) is 97.0 cm³/mol. The lowest BCUT2D eigenvalue weighted by atomic mass is 10.1. The van der Waals surface area contributed by atoms with Crippen molar-refractivity contribution < 1.29 is 4.79 Å². The van der Waals surface area contributed by atoms with E-state index in [2.05, 4.69) is 21.9 Å². The van der Waals surface area contributed by atoms with Crippen molar-refractivity contribution in [1.82, 2.24) is 19.8 Å². The van der Waals surface area contributed by atoms with Crippen molar-refractivity contribution in [2.75, 3.05) is 39.0 Å². The summed E-state index contributed by atoms with van der Waals surface area (Å²) in [5, 5.41) is 0.663. The summed E-state index contributed by atoms with van der Waals surface area (Å²) in [4.78, 5) is 25.6. The maximum absolute atomic E-state index is 12.3. The molecule has 0 unspecified atom stereocenters. The van der Waals surface area contributed by atoms with Gasteiger partial charge in [0.25, 0.3) is 0 Å². The third kappa shape index (κ3) is 4.33. The molecule has 5 nitrogen and oxygen atoms in total. The summed E-state index contributed by atoms with van der Waals surface area (Å²) in [6.45, 7) is 5.45. The van der Waals surface area contributed by atoms with E-state index in [9.17, 15) is 4.79 Å². The van der Waals surface area contributed by atoms with E-state index < -0.39 is 0 Å². The molecular weight excluding hydrogens is 320 g/mol. The van der Waals surface area contributed by atoms with E-state index in [-0.39, 0.29) is 5.91 Å². The topological polar surface area (TPSA) is 49.3 Å². The van der Waals surface area contributed by atoms with Gasteiger partial charge in [0.2, 0.25) is 5.91 Å². The number of amides is 1. The van der Waals surface area contributed by atoms with Gasteiger partial charge in [-0.3, -0.25) is 4.79 Å². The standard InChI is InChI=1S/C18H22N4OS/c1-14-12-16(15-6-4-3-5-7-15)20-18(19-14)24-13-17(23)22-10-8-21(2)9-11-22/h3-7,12H,8-11,13H2,1-2H3. The molecule has 0 atom stereocenters. The van der Waals surface area contributed by atoms with E-state index in [1.807, 2.05) is 48.2 Å². The highest BCUT2D eigenvalue weighted by molar-refractivity contribution is 7.99. The first-order chi connectivity index (χ1) is 11.6. The average Bonchev–Trinajstić information content (AvgIpc) is 2.60. The Hall–Kier alpha value is -1.92. The minimum Gasteiger partial charge on any atom is -0.339 e. The minimum atomic E-state index is 0.166. The highest BCUT2D eigenvalue weighted by atomic mass is 32.2. The number of aryl methyl sites for hydroxylation is 1. The van der Waals surface area contributed by atoms with Crippen LogP contribution in [0.2, 0.25) is 0 Å². The third-order valence-electron chi connectivity index (χ3n) is 4.08.